The lowest BCUT2D eigenvalue weighted by Crippen LogP contribution is -2.09. The Labute approximate surface area is 103 Å². The summed E-state index contributed by atoms with van der Waals surface area (Å²) in [6.45, 7) is 7.08. The molecule has 0 radical (unpaired) electrons. The third-order valence-corrected chi connectivity index (χ3v) is 2.62. The van der Waals surface area contributed by atoms with Crippen LogP contribution in [0.25, 0.3) is 0 Å². The van der Waals surface area contributed by atoms with E-state index in [0.29, 0.717) is 13.2 Å². The van der Waals surface area contributed by atoms with Crippen molar-refractivity contribution in [3.63, 3.8) is 0 Å². The van der Waals surface area contributed by atoms with Gasteiger partial charge in [0.25, 0.3) is 0 Å². The maximum absolute atomic E-state index is 9.70. The average Bonchev–Trinajstić information content (AvgIpc) is 2.38. The Bertz CT molecular complexity index is 302. The minimum atomic E-state index is -0.387. The van der Waals surface area contributed by atoms with E-state index in [0.717, 1.165) is 17.5 Å². The van der Waals surface area contributed by atoms with Gasteiger partial charge in [-0.2, -0.15) is 0 Å². The summed E-state index contributed by atoms with van der Waals surface area (Å²) in [6.07, 6.45) is 0.0270. The van der Waals surface area contributed by atoms with Crippen LogP contribution in [-0.2, 0) is 9.47 Å². The number of rotatable bonds is 7. The largest absolute Gasteiger partial charge is 0.388 e. The number of aliphatic hydroxyl groups excluding tert-OH is 1. The van der Waals surface area contributed by atoms with E-state index in [4.69, 9.17) is 9.47 Å². The van der Waals surface area contributed by atoms with Crippen molar-refractivity contribution >= 4 is 0 Å². The van der Waals surface area contributed by atoms with Crippen molar-refractivity contribution in [2.75, 3.05) is 13.2 Å². The molecular weight excluding hydrogens is 216 g/mol. The Morgan fingerprint density at radius 1 is 0.941 bits per heavy atom. The highest BCUT2D eigenvalue weighted by atomic mass is 16.7. The molecule has 0 fully saturated rings. The predicted octanol–water partition coefficient (Wildman–Crippen LogP) is 3.20. The van der Waals surface area contributed by atoms with Gasteiger partial charge < -0.3 is 14.6 Å². The first kappa shape index (κ1) is 14.2. The van der Waals surface area contributed by atoms with Gasteiger partial charge in [0.15, 0.2) is 6.29 Å². The van der Waals surface area contributed by atoms with Crippen LogP contribution < -0.4 is 0 Å². The molecule has 0 saturated heterocycles. The highest BCUT2D eigenvalue weighted by Gasteiger charge is 2.12. The van der Waals surface area contributed by atoms with Crippen LogP contribution in [-0.4, -0.2) is 18.3 Å². The van der Waals surface area contributed by atoms with E-state index in [2.05, 4.69) is 0 Å². The van der Waals surface area contributed by atoms with Crippen molar-refractivity contribution < 1.29 is 14.6 Å². The Balaban J connectivity index is 2.76. The second-order valence-electron chi connectivity index (χ2n) is 3.83. The lowest BCUT2D eigenvalue weighted by atomic mass is 10.1. The van der Waals surface area contributed by atoms with E-state index in [1.807, 2.05) is 45.0 Å². The zero-order valence-electron chi connectivity index (χ0n) is 10.8. The molecule has 3 heteroatoms. The Morgan fingerprint density at radius 2 is 1.41 bits per heavy atom. The molecule has 1 N–H and O–H groups in total. The highest BCUT2D eigenvalue weighted by molar-refractivity contribution is 5.24. The summed E-state index contributed by atoms with van der Waals surface area (Å²) >= 11 is 0. The SMILES string of the molecule is CCOC(OCC)c1ccc(C(O)CC)cc1. The second kappa shape index (κ2) is 7.43. The molecule has 1 aromatic carbocycles. The van der Waals surface area contributed by atoms with Crippen molar-refractivity contribution in [1.82, 2.24) is 0 Å². The zero-order valence-corrected chi connectivity index (χ0v) is 10.8. The van der Waals surface area contributed by atoms with Crippen molar-refractivity contribution in [3.05, 3.63) is 35.4 Å². The van der Waals surface area contributed by atoms with Crippen LogP contribution in [0.2, 0.25) is 0 Å². The van der Waals surface area contributed by atoms with Crippen molar-refractivity contribution in [1.29, 1.82) is 0 Å². The van der Waals surface area contributed by atoms with Crippen molar-refractivity contribution in [2.24, 2.45) is 0 Å². The lowest BCUT2D eigenvalue weighted by Gasteiger charge is -2.18. The van der Waals surface area contributed by atoms with Gasteiger partial charge in [-0.25, -0.2) is 0 Å². The molecule has 3 nitrogen and oxygen atoms in total. The van der Waals surface area contributed by atoms with Gasteiger partial charge in [-0.3, -0.25) is 0 Å². The average molecular weight is 238 g/mol. The quantitative estimate of drug-likeness (QED) is 0.741. The molecule has 0 amide bonds. The van der Waals surface area contributed by atoms with Crippen molar-refractivity contribution in [2.45, 2.75) is 39.6 Å². The van der Waals surface area contributed by atoms with Gasteiger partial charge in [0.05, 0.1) is 6.10 Å². The molecule has 0 aromatic heterocycles. The minimum Gasteiger partial charge on any atom is -0.388 e. The number of hydrogen-bond donors (Lipinski definition) is 1. The molecule has 0 aliphatic heterocycles. The minimum absolute atomic E-state index is 0.308. The fraction of sp³-hybridized carbons (Fsp3) is 0.571. The monoisotopic (exact) mass is 238 g/mol. The van der Waals surface area contributed by atoms with E-state index >= 15 is 0 Å². The molecule has 0 aliphatic rings. The fourth-order valence-corrected chi connectivity index (χ4v) is 1.65. The topological polar surface area (TPSA) is 38.7 Å². The molecule has 1 aromatic rings. The summed E-state index contributed by atoms with van der Waals surface area (Å²) < 4.78 is 11.0. The zero-order chi connectivity index (χ0) is 12.7. The molecule has 0 bridgehead atoms. The number of benzene rings is 1. The van der Waals surface area contributed by atoms with Gasteiger partial charge in [-0.15, -0.1) is 0 Å². The van der Waals surface area contributed by atoms with Crippen LogP contribution in [0.1, 0.15) is 50.7 Å². The summed E-state index contributed by atoms with van der Waals surface area (Å²) in [5.41, 5.74) is 1.92. The predicted molar refractivity (Wildman–Crippen MR) is 67.7 cm³/mol. The van der Waals surface area contributed by atoms with Crippen LogP contribution in [0, 0.1) is 0 Å². The third-order valence-electron chi connectivity index (χ3n) is 2.62. The van der Waals surface area contributed by atoms with Crippen LogP contribution in [0.3, 0.4) is 0 Å². The normalized spacial score (nSPS) is 13.0. The van der Waals surface area contributed by atoms with Gasteiger partial charge >= 0.3 is 0 Å². The van der Waals surface area contributed by atoms with Crippen LogP contribution in [0.15, 0.2) is 24.3 Å². The molecule has 1 unspecified atom stereocenters. The Hall–Kier alpha value is -0.900. The summed E-state index contributed by atoms with van der Waals surface area (Å²) in [5.74, 6) is 0. The van der Waals surface area contributed by atoms with Gasteiger partial charge in [0.1, 0.15) is 0 Å². The summed E-state index contributed by atoms with van der Waals surface area (Å²) in [5, 5.41) is 9.70. The lowest BCUT2D eigenvalue weighted by molar-refractivity contribution is -0.140. The van der Waals surface area contributed by atoms with E-state index in [1.54, 1.807) is 0 Å². The van der Waals surface area contributed by atoms with Crippen LogP contribution in [0.5, 0.6) is 0 Å². The molecule has 0 heterocycles. The maximum Gasteiger partial charge on any atom is 0.183 e. The van der Waals surface area contributed by atoms with Gasteiger partial charge in [-0.05, 0) is 25.8 Å². The van der Waals surface area contributed by atoms with E-state index in [1.165, 1.54) is 0 Å². The van der Waals surface area contributed by atoms with E-state index in [9.17, 15) is 5.11 Å². The number of hydrogen-bond acceptors (Lipinski definition) is 3. The molecule has 1 atom stereocenters. The molecule has 17 heavy (non-hydrogen) atoms. The fourth-order valence-electron chi connectivity index (χ4n) is 1.65. The van der Waals surface area contributed by atoms with Gasteiger partial charge in [-0.1, -0.05) is 31.2 Å². The number of aliphatic hydroxyl groups is 1. The van der Waals surface area contributed by atoms with Crippen molar-refractivity contribution in [3.8, 4) is 0 Å². The first-order valence-electron chi connectivity index (χ1n) is 6.24. The van der Waals surface area contributed by atoms with E-state index < -0.39 is 0 Å². The van der Waals surface area contributed by atoms with Crippen LogP contribution in [0.4, 0.5) is 0 Å². The molecule has 0 aliphatic carbocycles. The molecule has 0 saturated carbocycles. The first-order valence-corrected chi connectivity index (χ1v) is 6.24. The second-order valence-corrected chi connectivity index (χ2v) is 3.83. The van der Waals surface area contributed by atoms with Gasteiger partial charge in [0, 0.05) is 18.8 Å². The molecular formula is C14H22O3. The first-order chi connectivity index (χ1) is 8.22. The number of ether oxygens (including phenoxy) is 2. The smallest absolute Gasteiger partial charge is 0.183 e. The molecule has 1 rings (SSSR count). The highest BCUT2D eigenvalue weighted by Crippen LogP contribution is 2.22. The Morgan fingerprint density at radius 3 is 1.82 bits per heavy atom. The maximum atomic E-state index is 9.70. The summed E-state index contributed by atoms with van der Waals surface area (Å²) in [7, 11) is 0. The van der Waals surface area contributed by atoms with Gasteiger partial charge in [0.2, 0.25) is 0 Å². The molecule has 0 spiro atoms. The third kappa shape index (κ3) is 4.11. The summed E-state index contributed by atoms with van der Waals surface area (Å²) in [4.78, 5) is 0. The Kier molecular flexibility index (Phi) is 6.19. The molecule has 96 valence electrons. The summed E-state index contributed by atoms with van der Waals surface area (Å²) in [6, 6.07) is 7.75. The van der Waals surface area contributed by atoms with E-state index in [-0.39, 0.29) is 12.4 Å². The standard InChI is InChI=1S/C14H22O3/c1-4-13(15)11-7-9-12(10-8-11)14(16-5-2)17-6-3/h7-10,13-15H,4-6H2,1-3H3. The van der Waals surface area contributed by atoms with Crippen LogP contribution >= 0.6 is 0 Å².